The van der Waals surface area contributed by atoms with Crippen molar-refractivity contribution in [3.05, 3.63) is 83.9 Å². The van der Waals surface area contributed by atoms with Gasteiger partial charge in [0, 0.05) is 0 Å². The third-order valence-electron chi connectivity index (χ3n) is 2.34. The van der Waals surface area contributed by atoms with E-state index in [9.17, 15) is 4.79 Å². The molecule has 98 valence electrons. The van der Waals surface area contributed by atoms with Gasteiger partial charge in [0.2, 0.25) is 0 Å². The van der Waals surface area contributed by atoms with Gasteiger partial charge in [0.1, 0.15) is 6.29 Å². The Kier molecular flexibility index (Phi) is 7.69. The Hall–Kier alpha value is -2.85. The molecular formula is C19H16O. The van der Waals surface area contributed by atoms with Crippen molar-refractivity contribution in [2.45, 2.75) is 0 Å². The lowest BCUT2D eigenvalue weighted by Crippen LogP contribution is -1.67. The summed E-state index contributed by atoms with van der Waals surface area (Å²) in [5, 5.41) is 0. The number of hydrogen-bond donors (Lipinski definition) is 0. The van der Waals surface area contributed by atoms with Crippen LogP contribution in [0.5, 0.6) is 0 Å². The zero-order valence-corrected chi connectivity index (χ0v) is 11.1. The van der Waals surface area contributed by atoms with Crippen molar-refractivity contribution in [3.8, 4) is 12.3 Å². The van der Waals surface area contributed by atoms with Crippen LogP contribution in [0.25, 0.3) is 12.2 Å². The highest BCUT2D eigenvalue weighted by Gasteiger charge is 1.79. The Bertz CT molecular complexity index is 587. The average molecular weight is 260 g/mol. The largest absolute Gasteiger partial charge is 0.299 e. The number of aldehydes is 1. The second-order valence-electron chi connectivity index (χ2n) is 3.82. The number of carbonyl (C=O) groups is 1. The fraction of sp³-hybridized carbons (Fsp3) is 0. The monoisotopic (exact) mass is 260 g/mol. The van der Waals surface area contributed by atoms with E-state index in [1.807, 2.05) is 66.7 Å². The van der Waals surface area contributed by atoms with Crippen molar-refractivity contribution in [3.63, 3.8) is 0 Å². The normalized spacial score (nSPS) is 9.75. The lowest BCUT2D eigenvalue weighted by atomic mass is 10.2. The molecule has 0 aromatic heterocycles. The number of rotatable bonds is 3. The molecule has 20 heavy (non-hydrogen) atoms. The molecule has 0 heterocycles. The molecule has 0 N–H and O–H groups in total. The fourth-order valence-corrected chi connectivity index (χ4v) is 1.42. The summed E-state index contributed by atoms with van der Waals surface area (Å²) in [6.45, 7) is 0. The van der Waals surface area contributed by atoms with Crippen molar-refractivity contribution in [2.75, 3.05) is 0 Å². The van der Waals surface area contributed by atoms with Gasteiger partial charge >= 0.3 is 0 Å². The molecule has 0 radical (unpaired) electrons. The molecule has 0 spiro atoms. The van der Waals surface area contributed by atoms with E-state index in [-0.39, 0.29) is 0 Å². The van der Waals surface area contributed by atoms with Crippen LogP contribution in [0.15, 0.2) is 72.8 Å². The van der Waals surface area contributed by atoms with Crippen molar-refractivity contribution in [1.29, 1.82) is 0 Å². The molecule has 0 aliphatic heterocycles. The molecule has 2 aromatic rings. The van der Waals surface area contributed by atoms with Crippen molar-refractivity contribution >= 4 is 18.4 Å². The molecule has 0 bridgehead atoms. The number of carbonyl (C=O) groups excluding carboxylic acids is 1. The number of allylic oxidation sites excluding steroid dienone is 2. The number of hydrogen-bond acceptors (Lipinski definition) is 1. The SMILES string of the molecule is C#C/C=C/c1ccccc1.O=C/C=C/c1ccccc1. The maximum absolute atomic E-state index is 9.89. The van der Waals surface area contributed by atoms with Crippen LogP contribution in [-0.2, 0) is 4.79 Å². The van der Waals surface area contributed by atoms with Crippen LogP contribution in [-0.4, -0.2) is 6.29 Å². The third-order valence-corrected chi connectivity index (χ3v) is 2.34. The van der Waals surface area contributed by atoms with Gasteiger partial charge < -0.3 is 0 Å². The van der Waals surface area contributed by atoms with Crippen LogP contribution in [0, 0.1) is 12.3 Å². The van der Waals surface area contributed by atoms with Crippen LogP contribution in [0.3, 0.4) is 0 Å². The summed E-state index contributed by atoms with van der Waals surface area (Å²) in [4.78, 5) is 9.89. The van der Waals surface area contributed by atoms with E-state index in [2.05, 4.69) is 5.92 Å². The van der Waals surface area contributed by atoms with E-state index in [0.717, 1.165) is 17.4 Å². The summed E-state index contributed by atoms with van der Waals surface area (Å²) in [6, 6.07) is 19.7. The molecule has 0 fully saturated rings. The van der Waals surface area contributed by atoms with Crippen LogP contribution < -0.4 is 0 Å². The summed E-state index contributed by atoms with van der Waals surface area (Å²) in [6.07, 6.45) is 12.7. The van der Waals surface area contributed by atoms with Crippen LogP contribution in [0.2, 0.25) is 0 Å². The minimum atomic E-state index is 0.771. The zero-order chi connectivity index (χ0) is 14.5. The maximum Gasteiger partial charge on any atom is 0.142 e. The quantitative estimate of drug-likeness (QED) is 0.458. The number of benzene rings is 2. The van der Waals surface area contributed by atoms with E-state index in [0.29, 0.717) is 0 Å². The van der Waals surface area contributed by atoms with Crippen LogP contribution in [0.1, 0.15) is 11.1 Å². The van der Waals surface area contributed by atoms with E-state index < -0.39 is 0 Å². The Labute approximate surface area is 120 Å². The highest BCUT2D eigenvalue weighted by Crippen LogP contribution is 2.00. The topological polar surface area (TPSA) is 17.1 Å². The van der Waals surface area contributed by atoms with Crippen molar-refractivity contribution in [2.24, 2.45) is 0 Å². The Morgan fingerprint density at radius 3 is 1.75 bits per heavy atom. The molecule has 2 rings (SSSR count). The van der Waals surface area contributed by atoms with E-state index >= 15 is 0 Å². The van der Waals surface area contributed by atoms with Gasteiger partial charge in [-0.1, -0.05) is 72.7 Å². The van der Waals surface area contributed by atoms with E-state index in [1.165, 1.54) is 6.08 Å². The van der Waals surface area contributed by atoms with Gasteiger partial charge in [-0.15, -0.1) is 6.42 Å². The first-order valence-electron chi connectivity index (χ1n) is 6.21. The van der Waals surface area contributed by atoms with Gasteiger partial charge in [0.15, 0.2) is 0 Å². The van der Waals surface area contributed by atoms with Crippen LogP contribution >= 0.6 is 0 Å². The van der Waals surface area contributed by atoms with Gasteiger partial charge in [-0.2, -0.15) is 0 Å². The van der Waals surface area contributed by atoms with Gasteiger partial charge in [-0.25, -0.2) is 0 Å². The molecule has 0 aliphatic rings. The van der Waals surface area contributed by atoms with Crippen molar-refractivity contribution < 1.29 is 4.79 Å². The molecule has 0 saturated heterocycles. The first-order chi connectivity index (χ1) is 9.86. The second kappa shape index (κ2) is 10.1. The molecule has 0 aliphatic carbocycles. The third kappa shape index (κ3) is 6.78. The molecule has 0 unspecified atom stereocenters. The molecule has 0 atom stereocenters. The summed E-state index contributed by atoms with van der Waals surface area (Å²) in [7, 11) is 0. The second-order valence-corrected chi connectivity index (χ2v) is 3.82. The number of terminal acetylenes is 1. The summed E-state index contributed by atoms with van der Waals surface area (Å²) < 4.78 is 0. The van der Waals surface area contributed by atoms with Crippen LogP contribution in [0.4, 0.5) is 0 Å². The lowest BCUT2D eigenvalue weighted by molar-refractivity contribution is -0.104. The standard InChI is InChI=1S/C10H8.C9H8O/c1-2-3-7-10-8-5-4-6-9-10;10-8-4-7-9-5-2-1-3-6-9/h1,3-9H;1-8H/b7-3+;7-4+. The minimum Gasteiger partial charge on any atom is -0.299 e. The smallest absolute Gasteiger partial charge is 0.142 e. The molecule has 0 saturated carbocycles. The highest BCUT2D eigenvalue weighted by atomic mass is 16.1. The molecular weight excluding hydrogens is 244 g/mol. The molecule has 1 nitrogen and oxygen atoms in total. The molecule has 0 amide bonds. The fourth-order valence-electron chi connectivity index (χ4n) is 1.42. The van der Waals surface area contributed by atoms with Gasteiger partial charge in [0.05, 0.1) is 0 Å². The highest BCUT2D eigenvalue weighted by molar-refractivity contribution is 5.73. The molecule has 2 aromatic carbocycles. The first-order valence-corrected chi connectivity index (χ1v) is 6.21. The lowest BCUT2D eigenvalue weighted by Gasteiger charge is -1.86. The zero-order valence-electron chi connectivity index (χ0n) is 11.1. The van der Waals surface area contributed by atoms with E-state index in [4.69, 9.17) is 6.42 Å². The van der Waals surface area contributed by atoms with Gasteiger partial charge in [-0.05, 0) is 29.4 Å². The summed E-state index contributed by atoms with van der Waals surface area (Å²) >= 11 is 0. The Morgan fingerprint density at radius 1 is 0.800 bits per heavy atom. The predicted octanol–water partition coefficient (Wildman–Crippen LogP) is 4.23. The Morgan fingerprint density at radius 2 is 1.30 bits per heavy atom. The predicted molar refractivity (Wildman–Crippen MR) is 85.8 cm³/mol. The summed E-state index contributed by atoms with van der Waals surface area (Å²) in [5.41, 5.74) is 2.19. The maximum atomic E-state index is 9.89. The first kappa shape index (κ1) is 15.2. The molecule has 1 heteroatoms. The van der Waals surface area contributed by atoms with Gasteiger partial charge in [0.25, 0.3) is 0 Å². The van der Waals surface area contributed by atoms with Crippen molar-refractivity contribution in [1.82, 2.24) is 0 Å². The van der Waals surface area contributed by atoms with Gasteiger partial charge in [-0.3, -0.25) is 4.79 Å². The Balaban J connectivity index is 0.000000200. The summed E-state index contributed by atoms with van der Waals surface area (Å²) in [5.74, 6) is 2.44. The van der Waals surface area contributed by atoms with E-state index in [1.54, 1.807) is 12.2 Å². The average Bonchev–Trinajstić information content (AvgIpc) is 2.53. The minimum absolute atomic E-state index is 0.771.